The second kappa shape index (κ2) is 6.69. The fourth-order valence-corrected chi connectivity index (χ4v) is 3.53. The number of benzene rings is 1. The van der Waals surface area contributed by atoms with Crippen LogP contribution in [0.1, 0.15) is 36.0 Å². The molecule has 0 atom stereocenters. The van der Waals surface area contributed by atoms with Crippen molar-refractivity contribution in [1.29, 1.82) is 0 Å². The van der Waals surface area contributed by atoms with Gasteiger partial charge in [-0.15, -0.1) is 10.2 Å². The van der Waals surface area contributed by atoms with E-state index >= 15 is 0 Å². The number of aromatic nitrogens is 4. The van der Waals surface area contributed by atoms with Crippen LogP contribution in [-0.4, -0.2) is 39.1 Å². The van der Waals surface area contributed by atoms with Crippen LogP contribution in [0.5, 0.6) is 0 Å². The van der Waals surface area contributed by atoms with Gasteiger partial charge >= 0.3 is 5.76 Å². The van der Waals surface area contributed by atoms with E-state index in [1.54, 1.807) is 11.7 Å². The third-order valence-corrected chi connectivity index (χ3v) is 5.04. The predicted molar refractivity (Wildman–Crippen MR) is 96.2 cm³/mol. The van der Waals surface area contributed by atoms with Gasteiger partial charge in [0.05, 0.1) is 18.7 Å². The fourth-order valence-electron chi connectivity index (χ4n) is 3.53. The van der Waals surface area contributed by atoms with Crippen molar-refractivity contribution in [2.45, 2.75) is 44.8 Å². The van der Waals surface area contributed by atoms with E-state index < -0.39 is 0 Å². The molecule has 1 aliphatic rings. The molecule has 2 heterocycles. The minimum atomic E-state index is -0.390. The Hall–Kier alpha value is -2.45. The molecule has 1 aromatic carbocycles. The number of hydrogen-bond donors (Lipinski definition) is 1. The summed E-state index contributed by atoms with van der Waals surface area (Å²) in [7, 11) is 1.67. The maximum atomic E-state index is 12.3. The number of fused-ring (bicyclic) bond motifs is 1. The largest absolute Gasteiger partial charge is 0.420 e. The van der Waals surface area contributed by atoms with Crippen LogP contribution in [0.3, 0.4) is 0 Å². The van der Waals surface area contributed by atoms with Crippen molar-refractivity contribution >= 4 is 11.1 Å². The molecule has 3 aromatic rings. The molecule has 1 fully saturated rings. The van der Waals surface area contributed by atoms with Gasteiger partial charge in [0, 0.05) is 25.6 Å². The molecule has 138 valence electrons. The highest BCUT2D eigenvalue weighted by Gasteiger charge is 2.32. The van der Waals surface area contributed by atoms with Gasteiger partial charge in [-0.05, 0) is 37.5 Å². The summed E-state index contributed by atoms with van der Waals surface area (Å²) >= 11 is 0. The first-order valence-corrected chi connectivity index (χ1v) is 8.83. The molecular formula is C18H23N5O3. The average Bonchev–Trinajstić information content (AvgIpc) is 3.12. The molecule has 0 spiro atoms. The van der Waals surface area contributed by atoms with Gasteiger partial charge in [0.25, 0.3) is 0 Å². The van der Waals surface area contributed by atoms with Crippen LogP contribution in [0.25, 0.3) is 11.1 Å². The zero-order chi connectivity index (χ0) is 18.3. The number of aryl methyl sites for hydroxylation is 1. The first-order chi connectivity index (χ1) is 12.6. The zero-order valence-corrected chi connectivity index (χ0v) is 15.0. The Morgan fingerprint density at radius 3 is 2.85 bits per heavy atom. The van der Waals surface area contributed by atoms with Crippen molar-refractivity contribution in [2.24, 2.45) is 5.73 Å². The fraction of sp³-hybridized carbons (Fsp3) is 0.500. The molecule has 1 aliphatic carbocycles. The van der Waals surface area contributed by atoms with E-state index in [0.29, 0.717) is 31.2 Å². The Balaban J connectivity index is 1.71. The molecule has 4 rings (SSSR count). The Bertz CT molecular complexity index is 981. The van der Waals surface area contributed by atoms with Crippen LogP contribution in [-0.2, 0) is 17.8 Å². The summed E-state index contributed by atoms with van der Waals surface area (Å²) in [5.74, 6) is 1.59. The first-order valence-electron chi connectivity index (χ1n) is 8.83. The van der Waals surface area contributed by atoms with Crippen LogP contribution in [0.2, 0.25) is 0 Å². The van der Waals surface area contributed by atoms with E-state index in [0.717, 1.165) is 35.6 Å². The number of methoxy groups -OCH3 is 1. The van der Waals surface area contributed by atoms with Gasteiger partial charge in [0.15, 0.2) is 11.4 Å². The van der Waals surface area contributed by atoms with E-state index in [1.165, 1.54) is 0 Å². The second-order valence-electron chi connectivity index (χ2n) is 6.97. The van der Waals surface area contributed by atoms with Crippen molar-refractivity contribution in [3.63, 3.8) is 0 Å². The predicted octanol–water partition coefficient (Wildman–Crippen LogP) is 1.39. The highest BCUT2D eigenvalue weighted by Crippen LogP contribution is 2.35. The van der Waals surface area contributed by atoms with Gasteiger partial charge in [-0.2, -0.15) is 0 Å². The summed E-state index contributed by atoms with van der Waals surface area (Å²) in [5.41, 5.74) is 8.34. The minimum Gasteiger partial charge on any atom is -0.408 e. The van der Waals surface area contributed by atoms with E-state index in [9.17, 15) is 4.79 Å². The smallest absolute Gasteiger partial charge is 0.408 e. The van der Waals surface area contributed by atoms with Gasteiger partial charge in [-0.3, -0.25) is 4.57 Å². The highest BCUT2D eigenvalue weighted by atomic mass is 16.5. The molecular weight excluding hydrogens is 334 g/mol. The maximum absolute atomic E-state index is 12.3. The quantitative estimate of drug-likeness (QED) is 0.715. The standard InChI is InChI=1S/C18H23N5O3/c1-11-3-4-15-14(7-11)23(18(24)26-15)10-16-20-21-17(12-8-13(19)9-12)22(16)5-6-25-2/h3-4,7,12-13H,5-6,8-10,19H2,1-2H3. The molecule has 2 aromatic heterocycles. The van der Waals surface area contributed by atoms with E-state index in [4.69, 9.17) is 14.9 Å². The van der Waals surface area contributed by atoms with Crippen LogP contribution < -0.4 is 11.5 Å². The Labute approximate surface area is 150 Å². The lowest BCUT2D eigenvalue weighted by Crippen LogP contribution is -2.36. The first kappa shape index (κ1) is 17.0. The summed E-state index contributed by atoms with van der Waals surface area (Å²) in [6.45, 7) is 3.49. The van der Waals surface area contributed by atoms with Gasteiger partial charge in [0.2, 0.25) is 0 Å². The van der Waals surface area contributed by atoms with Crippen molar-refractivity contribution in [3.05, 3.63) is 46.0 Å². The van der Waals surface area contributed by atoms with Crippen molar-refractivity contribution in [1.82, 2.24) is 19.3 Å². The number of nitrogens with two attached hydrogens (primary N) is 1. The summed E-state index contributed by atoms with van der Waals surface area (Å²) in [5, 5.41) is 8.75. The Morgan fingerprint density at radius 1 is 1.31 bits per heavy atom. The van der Waals surface area contributed by atoms with Crippen LogP contribution in [0.4, 0.5) is 0 Å². The minimum absolute atomic E-state index is 0.236. The lowest BCUT2D eigenvalue weighted by molar-refractivity contribution is 0.183. The second-order valence-corrected chi connectivity index (χ2v) is 6.97. The molecule has 2 N–H and O–H groups in total. The number of rotatable bonds is 6. The maximum Gasteiger partial charge on any atom is 0.420 e. The van der Waals surface area contributed by atoms with Gasteiger partial charge in [-0.1, -0.05) is 6.07 Å². The Kier molecular flexibility index (Phi) is 4.37. The number of nitrogens with zero attached hydrogens (tertiary/aromatic N) is 4. The van der Waals surface area contributed by atoms with Crippen LogP contribution in [0.15, 0.2) is 27.4 Å². The average molecular weight is 357 g/mol. The lowest BCUT2D eigenvalue weighted by Gasteiger charge is -2.31. The van der Waals surface area contributed by atoms with Gasteiger partial charge < -0.3 is 19.5 Å². The summed E-state index contributed by atoms with van der Waals surface area (Å²) in [6.07, 6.45) is 1.83. The van der Waals surface area contributed by atoms with Gasteiger partial charge in [-0.25, -0.2) is 4.79 Å². The van der Waals surface area contributed by atoms with E-state index in [-0.39, 0.29) is 11.8 Å². The molecule has 26 heavy (non-hydrogen) atoms. The number of hydrogen-bond acceptors (Lipinski definition) is 6. The van der Waals surface area contributed by atoms with Crippen LogP contribution >= 0.6 is 0 Å². The third kappa shape index (κ3) is 2.95. The molecule has 0 saturated heterocycles. The molecule has 0 radical (unpaired) electrons. The molecule has 0 aliphatic heterocycles. The lowest BCUT2D eigenvalue weighted by atomic mass is 9.80. The molecule has 0 amide bonds. The highest BCUT2D eigenvalue weighted by molar-refractivity contribution is 5.73. The van der Waals surface area contributed by atoms with Crippen LogP contribution in [0, 0.1) is 6.92 Å². The molecule has 8 nitrogen and oxygen atoms in total. The van der Waals surface area contributed by atoms with E-state index in [1.807, 2.05) is 25.1 Å². The molecule has 8 heteroatoms. The summed E-state index contributed by atoms with van der Waals surface area (Å²) in [4.78, 5) is 12.3. The molecule has 0 unspecified atom stereocenters. The number of oxazole rings is 1. The van der Waals surface area contributed by atoms with Gasteiger partial charge in [0.1, 0.15) is 5.82 Å². The normalized spacial score (nSPS) is 19.8. The third-order valence-electron chi connectivity index (χ3n) is 5.04. The number of ether oxygens (including phenoxy) is 1. The topological polar surface area (TPSA) is 101 Å². The SMILES string of the molecule is COCCn1c(Cn2c(=O)oc3ccc(C)cc32)nnc1C1CC(N)C1. The molecule has 1 saturated carbocycles. The molecule has 0 bridgehead atoms. The Morgan fingerprint density at radius 2 is 2.12 bits per heavy atom. The summed E-state index contributed by atoms with van der Waals surface area (Å²) < 4.78 is 14.3. The monoisotopic (exact) mass is 357 g/mol. The van der Waals surface area contributed by atoms with Crippen molar-refractivity contribution < 1.29 is 9.15 Å². The van der Waals surface area contributed by atoms with E-state index in [2.05, 4.69) is 14.8 Å². The summed E-state index contributed by atoms with van der Waals surface area (Å²) in [6, 6.07) is 5.93. The van der Waals surface area contributed by atoms with Crippen molar-refractivity contribution in [2.75, 3.05) is 13.7 Å². The van der Waals surface area contributed by atoms with Crippen molar-refractivity contribution in [3.8, 4) is 0 Å². The zero-order valence-electron chi connectivity index (χ0n) is 15.0.